The fraction of sp³-hybridized carbons (Fsp3) is 0.267. The third kappa shape index (κ3) is 5.83. The van der Waals surface area contributed by atoms with Gasteiger partial charge >= 0.3 is 0 Å². The van der Waals surface area contributed by atoms with E-state index in [0.717, 1.165) is 35.5 Å². The molecule has 3 aromatic carbocycles. The van der Waals surface area contributed by atoms with Gasteiger partial charge in [-0.15, -0.1) is 0 Å². The SMILES string of the molecule is O=C(NCc1ccc(F)cc1)c1cn(-c2cccc(CCO)c2)c2ccc(CN3CCOCC3)cc2c1=O. The van der Waals surface area contributed by atoms with Crippen LogP contribution in [0.3, 0.4) is 0 Å². The van der Waals surface area contributed by atoms with Crippen LogP contribution in [0, 0.1) is 5.82 Å². The molecule has 1 fully saturated rings. The number of aromatic nitrogens is 1. The first-order chi connectivity index (χ1) is 18.5. The standard InChI is InChI=1S/C30H30FN3O4/c31-24-7-4-22(5-8-24)18-32-30(37)27-20-34(25-3-1-2-21(16-25)10-13-35)28-9-6-23(17-26(28)29(27)36)19-33-11-14-38-15-12-33/h1-9,16-17,20,35H,10-15,18-19H2,(H,32,37). The van der Waals surface area contributed by atoms with Crippen LogP contribution in [0.15, 0.2) is 77.7 Å². The zero-order chi connectivity index (χ0) is 26.5. The molecule has 1 saturated heterocycles. The van der Waals surface area contributed by atoms with Crippen molar-refractivity contribution < 1.29 is 19.0 Å². The number of hydrogen-bond donors (Lipinski definition) is 2. The van der Waals surface area contributed by atoms with Gasteiger partial charge in [0.1, 0.15) is 11.4 Å². The van der Waals surface area contributed by atoms with Crippen molar-refractivity contribution in [1.29, 1.82) is 0 Å². The summed E-state index contributed by atoms with van der Waals surface area (Å²) in [5.74, 6) is -0.853. The minimum Gasteiger partial charge on any atom is -0.396 e. The van der Waals surface area contributed by atoms with Gasteiger partial charge in [-0.05, 0) is 59.5 Å². The molecule has 4 aromatic rings. The van der Waals surface area contributed by atoms with E-state index in [-0.39, 0.29) is 30.0 Å². The molecular formula is C30H30FN3O4. The van der Waals surface area contributed by atoms with Crippen LogP contribution in [-0.2, 0) is 24.2 Å². The van der Waals surface area contributed by atoms with E-state index < -0.39 is 5.91 Å². The number of aliphatic hydroxyl groups is 1. The minimum absolute atomic E-state index is 0.0238. The third-order valence-electron chi connectivity index (χ3n) is 6.78. The highest BCUT2D eigenvalue weighted by molar-refractivity contribution is 5.97. The lowest BCUT2D eigenvalue weighted by molar-refractivity contribution is 0.0342. The summed E-state index contributed by atoms with van der Waals surface area (Å²) in [6, 6.07) is 19.3. The quantitative estimate of drug-likeness (QED) is 0.376. The molecule has 1 aliphatic rings. The highest BCUT2D eigenvalue weighted by Crippen LogP contribution is 2.21. The summed E-state index contributed by atoms with van der Waals surface area (Å²) >= 11 is 0. The zero-order valence-corrected chi connectivity index (χ0v) is 21.0. The molecular weight excluding hydrogens is 485 g/mol. The van der Waals surface area contributed by atoms with Crippen LogP contribution < -0.4 is 10.7 Å². The van der Waals surface area contributed by atoms with Gasteiger partial charge in [0.15, 0.2) is 0 Å². The maximum Gasteiger partial charge on any atom is 0.257 e. The van der Waals surface area contributed by atoms with Crippen molar-refractivity contribution in [3.05, 3.63) is 111 Å². The first kappa shape index (κ1) is 25.8. The average Bonchev–Trinajstić information content (AvgIpc) is 2.94. The van der Waals surface area contributed by atoms with Gasteiger partial charge in [0.2, 0.25) is 5.43 Å². The largest absolute Gasteiger partial charge is 0.396 e. The van der Waals surface area contributed by atoms with E-state index in [1.165, 1.54) is 12.1 Å². The molecule has 0 radical (unpaired) electrons. The first-order valence-electron chi connectivity index (χ1n) is 12.7. The predicted molar refractivity (Wildman–Crippen MR) is 144 cm³/mol. The second-order valence-corrected chi connectivity index (χ2v) is 9.43. The molecule has 0 spiro atoms. The Morgan fingerprint density at radius 2 is 1.74 bits per heavy atom. The van der Waals surface area contributed by atoms with Crippen molar-refractivity contribution in [1.82, 2.24) is 14.8 Å². The summed E-state index contributed by atoms with van der Waals surface area (Å²) in [5, 5.41) is 12.7. The summed E-state index contributed by atoms with van der Waals surface area (Å²) in [6.07, 6.45) is 2.07. The monoisotopic (exact) mass is 515 g/mol. The number of benzene rings is 3. The molecule has 1 aromatic heterocycles. The van der Waals surface area contributed by atoms with Crippen LogP contribution >= 0.6 is 0 Å². The maximum absolute atomic E-state index is 13.6. The van der Waals surface area contributed by atoms with Crippen LogP contribution in [0.5, 0.6) is 0 Å². The van der Waals surface area contributed by atoms with E-state index in [4.69, 9.17) is 4.74 Å². The molecule has 0 bridgehead atoms. The molecule has 196 valence electrons. The number of pyridine rings is 1. The normalized spacial score (nSPS) is 14.1. The second-order valence-electron chi connectivity index (χ2n) is 9.43. The fourth-order valence-electron chi connectivity index (χ4n) is 4.74. The van der Waals surface area contributed by atoms with Crippen LogP contribution in [0.1, 0.15) is 27.0 Å². The number of morpholine rings is 1. The Balaban J connectivity index is 1.55. The topological polar surface area (TPSA) is 83.8 Å². The number of carbonyl (C=O) groups excluding carboxylic acids is 1. The van der Waals surface area contributed by atoms with Gasteiger partial charge in [-0.1, -0.05) is 30.3 Å². The molecule has 0 atom stereocenters. The number of hydrogen-bond acceptors (Lipinski definition) is 5. The van der Waals surface area contributed by atoms with Crippen LogP contribution in [0.4, 0.5) is 4.39 Å². The van der Waals surface area contributed by atoms with Crippen molar-refractivity contribution in [2.75, 3.05) is 32.9 Å². The minimum atomic E-state index is -0.500. The first-order valence-corrected chi connectivity index (χ1v) is 12.7. The molecule has 8 heteroatoms. The van der Waals surface area contributed by atoms with Crippen molar-refractivity contribution in [2.24, 2.45) is 0 Å². The molecule has 1 amide bonds. The Hall–Kier alpha value is -3.85. The molecule has 0 unspecified atom stereocenters. The Morgan fingerprint density at radius 3 is 2.50 bits per heavy atom. The second kappa shape index (κ2) is 11.7. The summed E-state index contributed by atoms with van der Waals surface area (Å²) < 4.78 is 20.6. The number of fused-ring (bicyclic) bond motifs is 1. The number of halogens is 1. The highest BCUT2D eigenvalue weighted by atomic mass is 19.1. The molecule has 5 rings (SSSR count). The Morgan fingerprint density at radius 1 is 0.974 bits per heavy atom. The molecule has 7 nitrogen and oxygen atoms in total. The number of ether oxygens (including phenoxy) is 1. The van der Waals surface area contributed by atoms with Gasteiger partial charge in [-0.3, -0.25) is 14.5 Å². The lowest BCUT2D eigenvalue weighted by atomic mass is 10.1. The lowest BCUT2D eigenvalue weighted by Crippen LogP contribution is -2.35. The summed E-state index contributed by atoms with van der Waals surface area (Å²) in [6.45, 7) is 3.89. The zero-order valence-electron chi connectivity index (χ0n) is 21.0. The van der Waals surface area contributed by atoms with E-state index >= 15 is 0 Å². The fourth-order valence-corrected chi connectivity index (χ4v) is 4.74. The van der Waals surface area contributed by atoms with Crippen LogP contribution in [-0.4, -0.2) is 53.4 Å². The molecule has 1 aliphatic heterocycles. The number of rotatable bonds is 8. The van der Waals surface area contributed by atoms with E-state index in [9.17, 15) is 19.1 Å². The number of aliphatic hydroxyl groups excluding tert-OH is 1. The summed E-state index contributed by atoms with van der Waals surface area (Å²) in [4.78, 5) is 29.2. The summed E-state index contributed by atoms with van der Waals surface area (Å²) in [5.41, 5.74) is 3.82. The van der Waals surface area contributed by atoms with Gasteiger partial charge in [0.25, 0.3) is 5.91 Å². The highest BCUT2D eigenvalue weighted by Gasteiger charge is 2.18. The van der Waals surface area contributed by atoms with E-state index in [1.54, 1.807) is 18.3 Å². The Kier molecular flexibility index (Phi) is 7.93. The maximum atomic E-state index is 13.6. The number of carbonyl (C=O) groups is 1. The van der Waals surface area contributed by atoms with Crippen molar-refractivity contribution in [2.45, 2.75) is 19.5 Å². The average molecular weight is 516 g/mol. The van der Waals surface area contributed by atoms with Crippen LogP contribution in [0.25, 0.3) is 16.6 Å². The molecule has 0 aliphatic carbocycles. The number of nitrogens with zero attached hydrogens (tertiary/aromatic N) is 2. The van der Waals surface area contributed by atoms with Gasteiger partial charge in [-0.2, -0.15) is 0 Å². The summed E-state index contributed by atoms with van der Waals surface area (Å²) in [7, 11) is 0. The molecule has 2 heterocycles. The third-order valence-corrected chi connectivity index (χ3v) is 6.78. The van der Waals surface area contributed by atoms with Crippen molar-refractivity contribution in [3.63, 3.8) is 0 Å². The predicted octanol–water partition coefficient (Wildman–Crippen LogP) is 3.43. The van der Waals surface area contributed by atoms with E-state index in [2.05, 4.69) is 10.2 Å². The van der Waals surface area contributed by atoms with Crippen LogP contribution in [0.2, 0.25) is 0 Å². The van der Waals surface area contributed by atoms with Crippen molar-refractivity contribution in [3.8, 4) is 5.69 Å². The smallest absolute Gasteiger partial charge is 0.257 e. The van der Waals surface area contributed by atoms with E-state index in [1.807, 2.05) is 47.0 Å². The Bertz CT molecular complexity index is 1490. The van der Waals surface area contributed by atoms with Gasteiger partial charge in [-0.25, -0.2) is 4.39 Å². The lowest BCUT2D eigenvalue weighted by Gasteiger charge is -2.26. The Labute approximate surface area is 220 Å². The van der Waals surface area contributed by atoms with Gasteiger partial charge < -0.3 is 19.7 Å². The van der Waals surface area contributed by atoms with Crippen molar-refractivity contribution >= 4 is 16.8 Å². The molecule has 38 heavy (non-hydrogen) atoms. The van der Waals surface area contributed by atoms with Gasteiger partial charge in [0.05, 0.1) is 18.7 Å². The number of amides is 1. The van der Waals surface area contributed by atoms with E-state index in [0.29, 0.717) is 37.1 Å². The number of nitrogens with one attached hydrogen (secondary N) is 1. The molecule has 2 N–H and O–H groups in total. The molecule has 0 saturated carbocycles. The van der Waals surface area contributed by atoms with Gasteiger partial charge in [0, 0.05) is 50.1 Å².